The van der Waals surface area contributed by atoms with Gasteiger partial charge in [-0.25, -0.2) is 0 Å². The Kier molecular flexibility index (Phi) is 9.30. The Morgan fingerprint density at radius 1 is 1.19 bits per heavy atom. The second-order valence-corrected chi connectivity index (χ2v) is 4.96. The van der Waals surface area contributed by atoms with E-state index < -0.39 is 0 Å². The molecule has 96 valence electrons. The second kappa shape index (κ2) is 9.64. The number of unbranched alkanes of at least 4 members (excludes halogenated alkanes) is 4. The maximum Gasteiger partial charge on any atom is 0.234 e. The highest BCUT2D eigenvalue weighted by atomic mass is 16.1. The van der Waals surface area contributed by atoms with E-state index in [-0.39, 0.29) is 11.9 Å². The zero-order chi connectivity index (χ0) is 12.4. The van der Waals surface area contributed by atoms with Gasteiger partial charge in [-0.2, -0.15) is 0 Å². The van der Waals surface area contributed by atoms with Gasteiger partial charge in [0, 0.05) is 0 Å². The topological polar surface area (TPSA) is 55.1 Å². The number of hydrogen-bond donors (Lipinski definition) is 2. The standard InChI is InChI=1S/C13H28N2O/c1-4-5-6-7-8-9-12(13(14)16)15-10-11(2)3/h11-12,15H,4-10H2,1-3H3,(H2,14,16). The summed E-state index contributed by atoms with van der Waals surface area (Å²) in [5, 5.41) is 3.23. The Morgan fingerprint density at radius 2 is 1.81 bits per heavy atom. The van der Waals surface area contributed by atoms with Crippen molar-refractivity contribution in [3.05, 3.63) is 0 Å². The molecule has 1 unspecified atom stereocenters. The van der Waals surface area contributed by atoms with Gasteiger partial charge < -0.3 is 11.1 Å². The minimum absolute atomic E-state index is 0.135. The fraction of sp³-hybridized carbons (Fsp3) is 0.923. The molecule has 0 aromatic carbocycles. The first-order chi connectivity index (χ1) is 7.57. The molecule has 0 aliphatic heterocycles. The van der Waals surface area contributed by atoms with Crippen LogP contribution in [-0.2, 0) is 4.79 Å². The molecule has 3 N–H and O–H groups in total. The Balaban J connectivity index is 3.64. The number of rotatable bonds is 10. The van der Waals surface area contributed by atoms with Gasteiger partial charge in [-0.15, -0.1) is 0 Å². The minimum atomic E-state index is -0.212. The van der Waals surface area contributed by atoms with E-state index in [2.05, 4.69) is 26.1 Å². The van der Waals surface area contributed by atoms with E-state index >= 15 is 0 Å². The number of nitrogens with two attached hydrogens (primary N) is 1. The van der Waals surface area contributed by atoms with Crippen LogP contribution in [0.1, 0.15) is 59.3 Å². The molecule has 0 aromatic rings. The van der Waals surface area contributed by atoms with Crippen molar-refractivity contribution in [2.45, 2.75) is 65.3 Å². The summed E-state index contributed by atoms with van der Waals surface area (Å²) in [6.45, 7) is 7.33. The van der Waals surface area contributed by atoms with Crippen LogP contribution in [0.2, 0.25) is 0 Å². The zero-order valence-electron chi connectivity index (χ0n) is 11.1. The van der Waals surface area contributed by atoms with Crippen LogP contribution in [0.3, 0.4) is 0 Å². The average molecular weight is 228 g/mol. The summed E-state index contributed by atoms with van der Waals surface area (Å²) in [7, 11) is 0. The van der Waals surface area contributed by atoms with Crippen molar-refractivity contribution in [1.82, 2.24) is 5.32 Å². The lowest BCUT2D eigenvalue weighted by Gasteiger charge is -2.16. The zero-order valence-corrected chi connectivity index (χ0v) is 11.1. The molecular weight excluding hydrogens is 200 g/mol. The predicted molar refractivity (Wildman–Crippen MR) is 69.2 cm³/mol. The van der Waals surface area contributed by atoms with Gasteiger partial charge in [0.1, 0.15) is 0 Å². The monoisotopic (exact) mass is 228 g/mol. The summed E-state index contributed by atoms with van der Waals surface area (Å²) in [4.78, 5) is 11.2. The van der Waals surface area contributed by atoms with Crippen LogP contribution >= 0.6 is 0 Å². The number of hydrogen-bond acceptors (Lipinski definition) is 2. The summed E-state index contributed by atoms with van der Waals surface area (Å²) in [5.74, 6) is 0.345. The number of carbonyl (C=O) groups is 1. The molecule has 0 bridgehead atoms. The van der Waals surface area contributed by atoms with Crippen molar-refractivity contribution >= 4 is 5.91 Å². The van der Waals surface area contributed by atoms with Gasteiger partial charge in [-0.05, 0) is 18.9 Å². The SMILES string of the molecule is CCCCCCCC(NCC(C)C)C(N)=O. The summed E-state index contributed by atoms with van der Waals surface area (Å²) in [5.41, 5.74) is 5.36. The van der Waals surface area contributed by atoms with Gasteiger partial charge in [0.25, 0.3) is 0 Å². The van der Waals surface area contributed by atoms with E-state index in [9.17, 15) is 4.79 Å². The van der Waals surface area contributed by atoms with E-state index in [1.54, 1.807) is 0 Å². The van der Waals surface area contributed by atoms with E-state index in [0.29, 0.717) is 5.92 Å². The normalized spacial score (nSPS) is 13.0. The molecule has 0 heterocycles. The largest absolute Gasteiger partial charge is 0.368 e. The fourth-order valence-electron chi connectivity index (χ4n) is 1.67. The predicted octanol–water partition coefficient (Wildman–Crippen LogP) is 2.45. The lowest BCUT2D eigenvalue weighted by molar-refractivity contribution is -0.120. The third-order valence-corrected chi connectivity index (χ3v) is 2.71. The van der Waals surface area contributed by atoms with Gasteiger partial charge in [0.05, 0.1) is 6.04 Å². The molecule has 0 aliphatic rings. The summed E-state index contributed by atoms with van der Waals surface area (Å²) < 4.78 is 0. The first-order valence-corrected chi connectivity index (χ1v) is 6.60. The van der Waals surface area contributed by atoms with Crippen LogP contribution in [0.5, 0.6) is 0 Å². The Morgan fingerprint density at radius 3 is 2.31 bits per heavy atom. The van der Waals surface area contributed by atoms with Crippen molar-refractivity contribution in [2.24, 2.45) is 11.7 Å². The highest BCUT2D eigenvalue weighted by Gasteiger charge is 2.13. The molecule has 3 nitrogen and oxygen atoms in total. The van der Waals surface area contributed by atoms with E-state index in [0.717, 1.165) is 19.4 Å². The molecule has 0 radical (unpaired) electrons. The summed E-state index contributed by atoms with van der Waals surface area (Å²) in [6.07, 6.45) is 7.00. The third kappa shape index (κ3) is 8.72. The minimum Gasteiger partial charge on any atom is -0.368 e. The first kappa shape index (κ1) is 15.4. The second-order valence-electron chi connectivity index (χ2n) is 4.96. The molecule has 0 aliphatic carbocycles. The number of nitrogens with one attached hydrogen (secondary N) is 1. The van der Waals surface area contributed by atoms with Crippen molar-refractivity contribution in [1.29, 1.82) is 0 Å². The van der Waals surface area contributed by atoms with Crippen LogP contribution in [-0.4, -0.2) is 18.5 Å². The van der Waals surface area contributed by atoms with Crippen molar-refractivity contribution in [3.8, 4) is 0 Å². The lowest BCUT2D eigenvalue weighted by Crippen LogP contribution is -2.42. The molecule has 16 heavy (non-hydrogen) atoms. The maximum atomic E-state index is 11.2. The Labute approximate surface area is 100 Å². The van der Waals surface area contributed by atoms with Crippen molar-refractivity contribution in [2.75, 3.05) is 6.54 Å². The van der Waals surface area contributed by atoms with Gasteiger partial charge >= 0.3 is 0 Å². The average Bonchev–Trinajstić information content (AvgIpc) is 2.21. The fourth-order valence-corrected chi connectivity index (χ4v) is 1.67. The molecule has 1 amide bonds. The molecule has 3 heteroatoms. The molecule has 0 rings (SSSR count). The highest BCUT2D eigenvalue weighted by molar-refractivity contribution is 5.79. The van der Waals surface area contributed by atoms with Gasteiger partial charge in [0.2, 0.25) is 5.91 Å². The number of primary amides is 1. The lowest BCUT2D eigenvalue weighted by atomic mass is 10.1. The molecule has 0 aromatic heterocycles. The third-order valence-electron chi connectivity index (χ3n) is 2.71. The molecule has 0 spiro atoms. The van der Waals surface area contributed by atoms with E-state index in [1.807, 2.05) is 0 Å². The van der Waals surface area contributed by atoms with Crippen LogP contribution in [0.25, 0.3) is 0 Å². The van der Waals surface area contributed by atoms with Crippen molar-refractivity contribution < 1.29 is 4.79 Å². The molecule has 0 saturated heterocycles. The van der Waals surface area contributed by atoms with Crippen molar-refractivity contribution in [3.63, 3.8) is 0 Å². The van der Waals surface area contributed by atoms with Gasteiger partial charge in [0.15, 0.2) is 0 Å². The summed E-state index contributed by atoms with van der Waals surface area (Å²) >= 11 is 0. The summed E-state index contributed by atoms with van der Waals surface area (Å²) in [6, 6.07) is -0.135. The molecular formula is C13H28N2O. The highest BCUT2D eigenvalue weighted by Crippen LogP contribution is 2.07. The number of carbonyl (C=O) groups excluding carboxylic acids is 1. The van der Waals surface area contributed by atoms with Gasteiger partial charge in [-0.3, -0.25) is 4.79 Å². The van der Waals surface area contributed by atoms with Gasteiger partial charge in [-0.1, -0.05) is 52.9 Å². The molecule has 0 fully saturated rings. The van der Waals surface area contributed by atoms with E-state index in [4.69, 9.17) is 5.73 Å². The van der Waals surface area contributed by atoms with Crippen LogP contribution in [0.15, 0.2) is 0 Å². The first-order valence-electron chi connectivity index (χ1n) is 6.60. The van der Waals surface area contributed by atoms with Crippen LogP contribution in [0.4, 0.5) is 0 Å². The Hall–Kier alpha value is -0.570. The quantitative estimate of drug-likeness (QED) is 0.564. The van der Waals surface area contributed by atoms with Crippen LogP contribution < -0.4 is 11.1 Å². The smallest absolute Gasteiger partial charge is 0.234 e. The Bertz CT molecular complexity index is 181. The molecule has 1 atom stereocenters. The van der Waals surface area contributed by atoms with Crippen LogP contribution in [0, 0.1) is 5.92 Å². The maximum absolute atomic E-state index is 11.2. The number of amides is 1. The molecule has 0 saturated carbocycles. The van der Waals surface area contributed by atoms with E-state index in [1.165, 1.54) is 25.7 Å².